The van der Waals surface area contributed by atoms with Gasteiger partial charge in [-0.25, -0.2) is 15.0 Å². The fourth-order valence-electron chi connectivity index (χ4n) is 1.83. The zero-order chi connectivity index (χ0) is 13.1. The molecule has 96 valence electrons. The lowest BCUT2D eigenvalue weighted by Gasteiger charge is -2.05. The monoisotopic (exact) mass is 256 g/mol. The lowest BCUT2D eigenvalue weighted by Crippen LogP contribution is -2.02. The first kappa shape index (κ1) is 11.6. The summed E-state index contributed by atoms with van der Waals surface area (Å²) >= 11 is 0. The molecule has 0 radical (unpaired) electrons. The van der Waals surface area contributed by atoms with Gasteiger partial charge in [-0.1, -0.05) is 0 Å². The number of imidazole rings is 1. The molecule has 0 aromatic carbocycles. The first-order valence-electron chi connectivity index (χ1n) is 5.83. The van der Waals surface area contributed by atoms with Crippen LogP contribution in [0.5, 0.6) is 0 Å². The Morgan fingerprint density at radius 3 is 2.84 bits per heavy atom. The van der Waals surface area contributed by atoms with E-state index in [1.165, 1.54) is 6.33 Å². The molecule has 0 atom stereocenters. The molecule has 3 heterocycles. The molecule has 19 heavy (non-hydrogen) atoms. The van der Waals surface area contributed by atoms with Crippen LogP contribution < -0.4 is 0 Å². The van der Waals surface area contributed by atoms with Crippen molar-refractivity contribution in [3.8, 4) is 11.6 Å². The average Bonchev–Trinajstić information content (AvgIpc) is 3.08. The fraction of sp³-hybridized carbons (Fsp3) is 0.154. The van der Waals surface area contributed by atoms with Gasteiger partial charge in [-0.2, -0.15) is 0 Å². The Kier molecular flexibility index (Phi) is 3.07. The number of nitrogens with zero attached hydrogens (tertiary/aromatic N) is 4. The number of furan rings is 1. The van der Waals surface area contributed by atoms with Crippen LogP contribution in [0.2, 0.25) is 0 Å². The van der Waals surface area contributed by atoms with Gasteiger partial charge in [0.25, 0.3) is 0 Å². The maximum atomic E-state index is 9.02. The van der Waals surface area contributed by atoms with Gasteiger partial charge >= 0.3 is 0 Å². The average molecular weight is 256 g/mol. The summed E-state index contributed by atoms with van der Waals surface area (Å²) in [5.41, 5.74) is 0.892. The van der Waals surface area contributed by atoms with Gasteiger partial charge < -0.3 is 14.1 Å². The highest BCUT2D eigenvalue weighted by Gasteiger charge is 2.11. The van der Waals surface area contributed by atoms with Crippen molar-refractivity contribution < 1.29 is 9.52 Å². The van der Waals surface area contributed by atoms with Gasteiger partial charge in [0.2, 0.25) is 0 Å². The SMILES string of the molecule is OCc1ccc(-c2nccn2Cc2ccncn2)o1. The molecule has 0 bridgehead atoms. The Morgan fingerprint density at radius 1 is 1.16 bits per heavy atom. The molecule has 0 spiro atoms. The van der Waals surface area contributed by atoms with Crippen molar-refractivity contribution in [2.45, 2.75) is 13.2 Å². The van der Waals surface area contributed by atoms with Gasteiger partial charge in [0.05, 0.1) is 12.2 Å². The molecular formula is C13H12N4O2. The van der Waals surface area contributed by atoms with E-state index in [1.807, 2.05) is 16.8 Å². The largest absolute Gasteiger partial charge is 0.455 e. The summed E-state index contributed by atoms with van der Waals surface area (Å²) < 4.78 is 7.42. The summed E-state index contributed by atoms with van der Waals surface area (Å²) in [4.78, 5) is 12.3. The molecule has 6 nitrogen and oxygen atoms in total. The molecule has 0 saturated carbocycles. The molecule has 0 aliphatic heterocycles. The normalized spacial score (nSPS) is 10.8. The highest BCUT2D eigenvalue weighted by atomic mass is 16.4. The van der Waals surface area contributed by atoms with Gasteiger partial charge in [0, 0.05) is 18.6 Å². The van der Waals surface area contributed by atoms with Gasteiger partial charge in [0.1, 0.15) is 18.7 Å². The molecule has 0 saturated heterocycles. The van der Waals surface area contributed by atoms with Crippen molar-refractivity contribution in [2.75, 3.05) is 0 Å². The molecular weight excluding hydrogens is 244 g/mol. The zero-order valence-corrected chi connectivity index (χ0v) is 10.1. The molecule has 0 fully saturated rings. The third-order valence-corrected chi connectivity index (χ3v) is 2.73. The van der Waals surface area contributed by atoms with Crippen LogP contribution in [-0.2, 0) is 13.2 Å². The van der Waals surface area contributed by atoms with Crippen molar-refractivity contribution in [2.24, 2.45) is 0 Å². The van der Waals surface area contributed by atoms with Crippen molar-refractivity contribution in [1.29, 1.82) is 0 Å². The van der Waals surface area contributed by atoms with Crippen molar-refractivity contribution in [1.82, 2.24) is 19.5 Å². The topological polar surface area (TPSA) is 77.0 Å². The lowest BCUT2D eigenvalue weighted by molar-refractivity contribution is 0.248. The van der Waals surface area contributed by atoms with E-state index in [4.69, 9.17) is 9.52 Å². The minimum atomic E-state index is -0.118. The van der Waals surface area contributed by atoms with Gasteiger partial charge in [-0.3, -0.25) is 0 Å². The Labute approximate surface area is 109 Å². The van der Waals surface area contributed by atoms with Crippen LogP contribution in [-0.4, -0.2) is 24.6 Å². The molecule has 3 aromatic heterocycles. The maximum Gasteiger partial charge on any atom is 0.176 e. The van der Waals surface area contributed by atoms with Gasteiger partial charge in [-0.05, 0) is 18.2 Å². The lowest BCUT2D eigenvalue weighted by atomic mass is 10.3. The van der Waals surface area contributed by atoms with E-state index in [-0.39, 0.29) is 6.61 Å². The Bertz CT molecular complexity index is 660. The molecule has 6 heteroatoms. The van der Waals surface area contributed by atoms with Crippen LogP contribution in [0.1, 0.15) is 11.5 Å². The van der Waals surface area contributed by atoms with Crippen LogP contribution in [0.15, 0.2) is 47.5 Å². The number of aliphatic hydroxyl groups is 1. The second-order valence-corrected chi connectivity index (χ2v) is 4.00. The minimum absolute atomic E-state index is 0.118. The summed E-state index contributed by atoms with van der Waals surface area (Å²) in [5.74, 6) is 1.85. The molecule has 0 unspecified atom stereocenters. The van der Waals surface area contributed by atoms with E-state index in [9.17, 15) is 0 Å². The van der Waals surface area contributed by atoms with Gasteiger partial charge in [0.15, 0.2) is 11.6 Å². The first-order chi connectivity index (χ1) is 9.36. The fourth-order valence-corrected chi connectivity index (χ4v) is 1.83. The first-order valence-corrected chi connectivity index (χ1v) is 5.83. The third kappa shape index (κ3) is 2.38. The van der Waals surface area contributed by atoms with E-state index in [1.54, 1.807) is 24.5 Å². The van der Waals surface area contributed by atoms with Crippen LogP contribution in [0, 0.1) is 0 Å². The summed E-state index contributed by atoms with van der Waals surface area (Å²) in [6.45, 7) is 0.472. The second kappa shape index (κ2) is 5.03. The molecule has 0 aliphatic carbocycles. The van der Waals surface area contributed by atoms with Crippen molar-refractivity contribution in [3.05, 3.63) is 54.6 Å². The van der Waals surface area contributed by atoms with Crippen LogP contribution >= 0.6 is 0 Å². The summed E-state index contributed by atoms with van der Waals surface area (Å²) in [7, 11) is 0. The Hall–Kier alpha value is -2.47. The number of hydrogen-bond donors (Lipinski definition) is 1. The van der Waals surface area contributed by atoms with Crippen LogP contribution in [0.25, 0.3) is 11.6 Å². The molecule has 3 aromatic rings. The molecule has 1 N–H and O–H groups in total. The maximum absolute atomic E-state index is 9.02. The van der Waals surface area contributed by atoms with Crippen LogP contribution in [0.3, 0.4) is 0 Å². The van der Waals surface area contributed by atoms with Crippen molar-refractivity contribution in [3.63, 3.8) is 0 Å². The molecule has 0 aliphatic rings. The quantitative estimate of drug-likeness (QED) is 0.765. The van der Waals surface area contributed by atoms with E-state index in [0.29, 0.717) is 23.9 Å². The molecule has 0 amide bonds. The van der Waals surface area contributed by atoms with E-state index in [0.717, 1.165) is 5.69 Å². The minimum Gasteiger partial charge on any atom is -0.455 e. The summed E-state index contributed by atoms with van der Waals surface area (Å²) in [6, 6.07) is 5.38. The number of rotatable bonds is 4. The Morgan fingerprint density at radius 2 is 2.11 bits per heavy atom. The van der Waals surface area contributed by atoms with E-state index < -0.39 is 0 Å². The third-order valence-electron chi connectivity index (χ3n) is 2.73. The summed E-state index contributed by atoms with van der Waals surface area (Å²) in [6.07, 6.45) is 6.79. The molecule has 3 rings (SSSR count). The standard InChI is InChI=1S/C13H12N4O2/c18-8-11-1-2-12(19-11)13-15-5-6-17(13)7-10-3-4-14-9-16-10/h1-6,9,18H,7-8H2. The smallest absolute Gasteiger partial charge is 0.176 e. The zero-order valence-electron chi connectivity index (χ0n) is 10.1. The second-order valence-electron chi connectivity index (χ2n) is 4.00. The predicted octanol–water partition coefficient (Wildman–Crippen LogP) is 1.47. The Balaban J connectivity index is 1.90. The van der Waals surface area contributed by atoms with Crippen molar-refractivity contribution >= 4 is 0 Å². The predicted molar refractivity (Wildman–Crippen MR) is 67.0 cm³/mol. The number of aromatic nitrogens is 4. The highest BCUT2D eigenvalue weighted by Crippen LogP contribution is 2.21. The number of aliphatic hydroxyl groups excluding tert-OH is 1. The van der Waals surface area contributed by atoms with E-state index >= 15 is 0 Å². The summed E-state index contributed by atoms with van der Waals surface area (Å²) in [5, 5.41) is 9.02. The van der Waals surface area contributed by atoms with E-state index in [2.05, 4.69) is 15.0 Å². The van der Waals surface area contributed by atoms with Crippen LogP contribution in [0.4, 0.5) is 0 Å². The van der Waals surface area contributed by atoms with Gasteiger partial charge in [-0.15, -0.1) is 0 Å². The number of hydrogen-bond acceptors (Lipinski definition) is 5. The highest BCUT2D eigenvalue weighted by molar-refractivity contribution is 5.48.